The lowest BCUT2D eigenvalue weighted by Gasteiger charge is -2.09. The maximum absolute atomic E-state index is 10.4. The third kappa shape index (κ3) is 12.3. The van der Waals surface area contributed by atoms with E-state index in [1.165, 1.54) is 38.5 Å². The van der Waals surface area contributed by atoms with Crippen molar-refractivity contribution in [2.24, 2.45) is 0 Å². The Balaban J connectivity index is 2.03. The highest BCUT2D eigenvalue weighted by atomic mass is 16.5. The van der Waals surface area contributed by atoms with E-state index in [9.17, 15) is 9.90 Å². The highest BCUT2D eigenvalue weighted by Gasteiger charge is 2.04. The Kier molecular flexibility index (Phi) is 13.3. The number of phenols is 1. The van der Waals surface area contributed by atoms with Crippen LogP contribution in [0.5, 0.6) is 11.5 Å². The van der Waals surface area contributed by atoms with Crippen LogP contribution >= 0.6 is 0 Å². The first-order valence-corrected chi connectivity index (χ1v) is 10.8. The minimum atomic E-state index is -0.690. The molecule has 1 aromatic rings. The summed E-state index contributed by atoms with van der Waals surface area (Å²) < 4.78 is 5.75. The smallest absolute Gasteiger partial charge is 0.303 e. The zero-order valence-electron chi connectivity index (χ0n) is 17.0. The highest BCUT2D eigenvalue weighted by molar-refractivity contribution is 5.66. The third-order valence-corrected chi connectivity index (χ3v) is 4.91. The molecule has 0 saturated carbocycles. The topological polar surface area (TPSA) is 66.8 Å². The Labute approximate surface area is 164 Å². The molecule has 2 N–H and O–H groups in total. The van der Waals surface area contributed by atoms with Crippen LogP contribution in [0, 0.1) is 0 Å². The number of aromatic hydroxyl groups is 1. The van der Waals surface area contributed by atoms with Crippen molar-refractivity contribution in [3.63, 3.8) is 0 Å². The van der Waals surface area contributed by atoms with E-state index < -0.39 is 5.97 Å². The van der Waals surface area contributed by atoms with Gasteiger partial charge in [-0.3, -0.25) is 4.79 Å². The summed E-state index contributed by atoms with van der Waals surface area (Å²) in [6.45, 7) is 2.89. The molecule has 0 bridgehead atoms. The predicted octanol–water partition coefficient (Wildman–Crippen LogP) is 6.49. The molecule has 4 nitrogen and oxygen atoms in total. The fraction of sp³-hybridized carbons (Fsp3) is 0.696. The summed E-state index contributed by atoms with van der Waals surface area (Å²) in [6, 6.07) is 5.69. The first-order chi connectivity index (χ1) is 13.1. The molecule has 1 rings (SSSR count). The third-order valence-electron chi connectivity index (χ3n) is 4.91. The minimum absolute atomic E-state index is 0.298. The van der Waals surface area contributed by atoms with Crippen molar-refractivity contribution in [2.45, 2.75) is 96.8 Å². The van der Waals surface area contributed by atoms with E-state index in [4.69, 9.17) is 9.84 Å². The quantitative estimate of drug-likeness (QED) is 0.304. The molecule has 0 aliphatic carbocycles. The highest BCUT2D eigenvalue weighted by Crippen LogP contribution is 2.25. The number of carbonyl (C=O) groups is 1. The SMILES string of the molecule is CCCCCCc1ccc(OCCCCCCCCCCC(=O)O)cc1O. The lowest BCUT2D eigenvalue weighted by Crippen LogP contribution is -1.98. The van der Waals surface area contributed by atoms with Crippen LogP contribution < -0.4 is 4.74 Å². The van der Waals surface area contributed by atoms with Gasteiger partial charge >= 0.3 is 5.97 Å². The number of rotatable bonds is 17. The van der Waals surface area contributed by atoms with Crippen LogP contribution in [0.3, 0.4) is 0 Å². The van der Waals surface area contributed by atoms with Crippen molar-refractivity contribution in [1.29, 1.82) is 0 Å². The largest absolute Gasteiger partial charge is 0.508 e. The molecule has 0 atom stereocenters. The lowest BCUT2D eigenvalue weighted by molar-refractivity contribution is -0.137. The van der Waals surface area contributed by atoms with E-state index in [1.807, 2.05) is 12.1 Å². The number of phenolic OH excluding ortho intramolecular Hbond substituents is 1. The van der Waals surface area contributed by atoms with Gasteiger partial charge in [-0.1, -0.05) is 70.8 Å². The fourth-order valence-electron chi connectivity index (χ4n) is 3.22. The number of aryl methyl sites for hydroxylation is 1. The van der Waals surface area contributed by atoms with Gasteiger partial charge in [0.05, 0.1) is 6.61 Å². The van der Waals surface area contributed by atoms with E-state index in [1.54, 1.807) is 6.07 Å². The van der Waals surface area contributed by atoms with Gasteiger partial charge in [0, 0.05) is 12.5 Å². The molecule has 1 aromatic carbocycles. The molecule has 0 spiro atoms. The molecule has 0 radical (unpaired) electrons. The van der Waals surface area contributed by atoms with Gasteiger partial charge in [-0.25, -0.2) is 0 Å². The molecular formula is C23H38O4. The predicted molar refractivity (Wildman–Crippen MR) is 111 cm³/mol. The first kappa shape index (κ1) is 23.3. The van der Waals surface area contributed by atoms with Gasteiger partial charge in [0.25, 0.3) is 0 Å². The van der Waals surface area contributed by atoms with Gasteiger partial charge in [0.2, 0.25) is 0 Å². The average Bonchev–Trinajstić information content (AvgIpc) is 2.64. The normalized spacial score (nSPS) is 10.9. The van der Waals surface area contributed by atoms with E-state index in [-0.39, 0.29) is 0 Å². The Morgan fingerprint density at radius 3 is 2.15 bits per heavy atom. The number of aliphatic carboxylic acids is 1. The van der Waals surface area contributed by atoms with Gasteiger partial charge in [-0.2, -0.15) is 0 Å². The Morgan fingerprint density at radius 2 is 1.52 bits per heavy atom. The number of hydrogen-bond acceptors (Lipinski definition) is 3. The van der Waals surface area contributed by atoms with Crippen molar-refractivity contribution in [1.82, 2.24) is 0 Å². The summed E-state index contributed by atoms with van der Waals surface area (Å²) in [5, 5.41) is 18.7. The van der Waals surface area contributed by atoms with Gasteiger partial charge in [0.1, 0.15) is 11.5 Å². The van der Waals surface area contributed by atoms with Crippen molar-refractivity contribution >= 4 is 5.97 Å². The molecule has 0 aromatic heterocycles. The molecule has 0 saturated heterocycles. The second-order valence-electron chi connectivity index (χ2n) is 7.42. The summed E-state index contributed by atoms with van der Waals surface area (Å²) >= 11 is 0. The minimum Gasteiger partial charge on any atom is -0.508 e. The van der Waals surface area contributed by atoms with E-state index >= 15 is 0 Å². The average molecular weight is 379 g/mol. The van der Waals surface area contributed by atoms with Crippen LogP contribution in [0.15, 0.2) is 18.2 Å². The van der Waals surface area contributed by atoms with Gasteiger partial charge < -0.3 is 14.9 Å². The molecule has 154 valence electrons. The van der Waals surface area contributed by atoms with Crippen molar-refractivity contribution in [2.75, 3.05) is 6.61 Å². The summed E-state index contributed by atoms with van der Waals surface area (Å²) in [5.41, 5.74) is 1.02. The van der Waals surface area contributed by atoms with Crippen molar-refractivity contribution < 1.29 is 19.7 Å². The Hall–Kier alpha value is -1.71. The molecule has 27 heavy (non-hydrogen) atoms. The molecule has 0 aliphatic rings. The second kappa shape index (κ2) is 15.4. The van der Waals surface area contributed by atoms with Gasteiger partial charge in [-0.15, -0.1) is 0 Å². The zero-order valence-corrected chi connectivity index (χ0v) is 17.0. The molecule has 0 amide bonds. The molecule has 0 fully saturated rings. The molecule has 4 heteroatoms. The van der Waals surface area contributed by atoms with E-state index in [0.717, 1.165) is 56.3 Å². The maximum atomic E-state index is 10.4. The molecule has 0 aliphatic heterocycles. The summed E-state index contributed by atoms with van der Waals surface area (Å²) in [7, 11) is 0. The summed E-state index contributed by atoms with van der Waals surface area (Å²) in [4.78, 5) is 10.4. The second-order valence-corrected chi connectivity index (χ2v) is 7.42. The summed E-state index contributed by atoms with van der Waals surface area (Å²) in [5.74, 6) is 0.417. The maximum Gasteiger partial charge on any atom is 0.303 e. The standard InChI is InChI=1S/C23H38O4/c1-2-3-4-11-14-20-16-17-21(19-22(20)24)27-18-13-10-8-6-5-7-9-12-15-23(25)26/h16-17,19,24H,2-15,18H2,1H3,(H,25,26). The molecular weight excluding hydrogens is 340 g/mol. The fourth-order valence-corrected chi connectivity index (χ4v) is 3.22. The monoisotopic (exact) mass is 378 g/mol. The number of carboxylic acids is 1. The van der Waals surface area contributed by atoms with Crippen LogP contribution in [-0.2, 0) is 11.2 Å². The van der Waals surface area contributed by atoms with Crippen LogP contribution in [0.4, 0.5) is 0 Å². The van der Waals surface area contributed by atoms with Crippen molar-refractivity contribution in [3.8, 4) is 11.5 Å². The van der Waals surface area contributed by atoms with Crippen molar-refractivity contribution in [3.05, 3.63) is 23.8 Å². The van der Waals surface area contributed by atoms with Crippen LogP contribution in [0.25, 0.3) is 0 Å². The molecule has 0 heterocycles. The van der Waals surface area contributed by atoms with E-state index in [2.05, 4.69) is 6.92 Å². The number of ether oxygens (including phenoxy) is 1. The molecule has 0 unspecified atom stereocenters. The van der Waals surface area contributed by atoms with Gasteiger partial charge in [0.15, 0.2) is 0 Å². The summed E-state index contributed by atoms with van der Waals surface area (Å²) in [6.07, 6.45) is 14.8. The zero-order chi connectivity index (χ0) is 19.7. The number of carboxylic acid groups (broad SMARTS) is 1. The number of benzene rings is 1. The lowest BCUT2D eigenvalue weighted by atomic mass is 10.1. The van der Waals surface area contributed by atoms with Crippen LogP contribution in [0.1, 0.15) is 96.0 Å². The van der Waals surface area contributed by atoms with Crippen LogP contribution in [0.2, 0.25) is 0 Å². The van der Waals surface area contributed by atoms with Crippen LogP contribution in [-0.4, -0.2) is 22.8 Å². The van der Waals surface area contributed by atoms with Gasteiger partial charge in [-0.05, 0) is 37.3 Å². The number of hydrogen-bond donors (Lipinski definition) is 2. The first-order valence-electron chi connectivity index (χ1n) is 10.8. The number of unbranched alkanes of at least 4 members (excludes halogenated alkanes) is 10. The Morgan fingerprint density at radius 1 is 0.889 bits per heavy atom. The van der Waals surface area contributed by atoms with E-state index in [0.29, 0.717) is 18.8 Å². The Bertz CT molecular complexity index is 513.